The second kappa shape index (κ2) is 5.29. The lowest BCUT2D eigenvalue weighted by Gasteiger charge is -2.12. The summed E-state index contributed by atoms with van der Waals surface area (Å²) < 4.78 is 1.48. The zero-order chi connectivity index (χ0) is 14.9. The topological polar surface area (TPSA) is 135 Å². The van der Waals surface area contributed by atoms with Crippen LogP contribution < -0.4 is 5.32 Å². The minimum atomic E-state index is -1.44. The standard InChI is InChI=1S/C11H13N3O6/c15-5-8(11(17)18)12-10(16)9-3-7(14(19)20)4-13(9)6-1-2-6/h3-4,6,8,15H,1-2,5H2,(H,12,16)(H,17,18)/t8-/m1/s1. The average Bonchev–Trinajstić information content (AvgIpc) is 3.13. The van der Waals surface area contributed by atoms with E-state index < -0.39 is 29.4 Å². The molecule has 0 aliphatic heterocycles. The number of aliphatic hydroxyl groups excluding tert-OH is 1. The van der Waals surface area contributed by atoms with E-state index in [-0.39, 0.29) is 17.4 Å². The number of carboxylic acids is 1. The van der Waals surface area contributed by atoms with Crippen molar-refractivity contribution < 1.29 is 24.7 Å². The van der Waals surface area contributed by atoms with E-state index in [2.05, 4.69) is 5.32 Å². The third-order valence-corrected chi connectivity index (χ3v) is 3.00. The summed E-state index contributed by atoms with van der Waals surface area (Å²) >= 11 is 0. The molecule has 1 aromatic heterocycles. The highest BCUT2D eigenvalue weighted by molar-refractivity contribution is 5.96. The molecule has 1 fully saturated rings. The first-order valence-electron chi connectivity index (χ1n) is 5.94. The number of carboxylic acid groups (broad SMARTS) is 1. The molecule has 3 N–H and O–H groups in total. The average molecular weight is 283 g/mol. The Kier molecular flexibility index (Phi) is 3.70. The van der Waals surface area contributed by atoms with Crippen LogP contribution in [0.15, 0.2) is 12.3 Å². The number of aromatic nitrogens is 1. The molecule has 0 unspecified atom stereocenters. The third-order valence-electron chi connectivity index (χ3n) is 3.00. The van der Waals surface area contributed by atoms with Crippen LogP contribution >= 0.6 is 0 Å². The van der Waals surface area contributed by atoms with Crippen molar-refractivity contribution in [2.45, 2.75) is 24.9 Å². The maximum absolute atomic E-state index is 12.0. The normalized spacial score (nSPS) is 15.7. The van der Waals surface area contributed by atoms with Crippen molar-refractivity contribution in [3.05, 3.63) is 28.1 Å². The van der Waals surface area contributed by atoms with Crippen LogP contribution in [0.4, 0.5) is 5.69 Å². The van der Waals surface area contributed by atoms with Crippen LogP contribution in [0.2, 0.25) is 0 Å². The van der Waals surface area contributed by atoms with Crippen LogP contribution in [0.25, 0.3) is 0 Å². The smallest absolute Gasteiger partial charge is 0.328 e. The van der Waals surface area contributed by atoms with Crippen molar-refractivity contribution in [2.75, 3.05) is 6.61 Å². The van der Waals surface area contributed by atoms with Gasteiger partial charge in [0.25, 0.3) is 11.6 Å². The Morgan fingerprint density at radius 2 is 2.20 bits per heavy atom. The Bertz CT molecular complexity index is 563. The maximum atomic E-state index is 12.0. The van der Waals surface area contributed by atoms with Gasteiger partial charge in [0, 0.05) is 12.1 Å². The van der Waals surface area contributed by atoms with Gasteiger partial charge in [0.15, 0.2) is 6.04 Å². The molecule has 1 saturated carbocycles. The minimum absolute atomic E-state index is 0.0268. The molecule has 0 saturated heterocycles. The number of nitrogens with zero attached hydrogens (tertiary/aromatic N) is 2. The molecule has 0 aromatic carbocycles. The molecule has 1 atom stereocenters. The number of aliphatic carboxylic acids is 1. The highest BCUT2D eigenvalue weighted by Crippen LogP contribution is 2.37. The van der Waals surface area contributed by atoms with Gasteiger partial charge in [-0.2, -0.15) is 0 Å². The lowest BCUT2D eigenvalue weighted by atomic mass is 10.3. The first kappa shape index (κ1) is 14.0. The Labute approximate surface area is 113 Å². The number of amides is 1. The van der Waals surface area contributed by atoms with E-state index in [9.17, 15) is 19.7 Å². The Balaban J connectivity index is 2.24. The number of nitrogens with one attached hydrogen (secondary N) is 1. The van der Waals surface area contributed by atoms with E-state index in [4.69, 9.17) is 10.2 Å². The van der Waals surface area contributed by atoms with Gasteiger partial charge in [0.05, 0.1) is 17.7 Å². The summed E-state index contributed by atoms with van der Waals surface area (Å²) in [6, 6.07) is -0.310. The molecule has 0 bridgehead atoms. The Hall–Kier alpha value is -2.42. The summed E-state index contributed by atoms with van der Waals surface area (Å²) in [7, 11) is 0. The van der Waals surface area contributed by atoms with Gasteiger partial charge in [0.1, 0.15) is 5.69 Å². The molecule has 9 nitrogen and oxygen atoms in total. The van der Waals surface area contributed by atoms with Crippen LogP contribution in [-0.2, 0) is 4.79 Å². The second-order valence-electron chi connectivity index (χ2n) is 4.53. The fraction of sp³-hybridized carbons (Fsp3) is 0.455. The quantitative estimate of drug-likeness (QED) is 0.493. The molecule has 0 spiro atoms. The molecule has 2 rings (SSSR count). The zero-order valence-corrected chi connectivity index (χ0v) is 10.4. The van der Waals surface area contributed by atoms with Crippen molar-refractivity contribution in [2.24, 2.45) is 0 Å². The van der Waals surface area contributed by atoms with E-state index in [0.29, 0.717) is 0 Å². The lowest BCUT2D eigenvalue weighted by Crippen LogP contribution is -2.43. The van der Waals surface area contributed by atoms with Gasteiger partial charge in [-0.3, -0.25) is 14.9 Å². The minimum Gasteiger partial charge on any atom is -0.480 e. The largest absolute Gasteiger partial charge is 0.480 e. The highest BCUT2D eigenvalue weighted by Gasteiger charge is 2.31. The van der Waals surface area contributed by atoms with Gasteiger partial charge >= 0.3 is 5.97 Å². The van der Waals surface area contributed by atoms with Gasteiger partial charge in [-0.05, 0) is 12.8 Å². The van der Waals surface area contributed by atoms with Crippen LogP contribution in [0.3, 0.4) is 0 Å². The summed E-state index contributed by atoms with van der Waals surface area (Å²) in [6.45, 7) is -0.757. The van der Waals surface area contributed by atoms with Crippen molar-refractivity contribution >= 4 is 17.6 Å². The van der Waals surface area contributed by atoms with Crippen molar-refractivity contribution in [1.29, 1.82) is 0 Å². The fourth-order valence-electron chi connectivity index (χ4n) is 1.82. The third kappa shape index (κ3) is 2.77. The van der Waals surface area contributed by atoms with Gasteiger partial charge in [0.2, 0.25) is 0 Å². The second-order valence-corrected chi connectivity index (χ2v) is 4.53. The zero-order valence-electron chi connectivity index (χ0n) is 10.4. The Morgan fingerprint density at radius 1 is 1.55 bits per heavy atom. The molecular formula is C11H13N3O6. The number of aliphatic hydroxyl groups is 1. The summed E-state index contributed by atoms with van der Waals surface area (Å²) in [4.78, 5) is 32.9. The van der Waals surface area contributed by atoms with Crippen molar-refractivity contribution in [3.63, 3.8) is 0 Å². The van der Waals surface area contributed by atoms with Gasteiger partial charge in [-0.1, -0.05) is 0 Å². The van der Waals surface area contributed by atoms with Gasteiger partial charge in [-0.25, -0.2) is 4.79 Å². The van der Waals surface area contributed by atoms with E-state index in [1.165, 1.54) is 10.8 Å². The van der Waals surface area contributed by atoms with Crippen LogP contribution in [0, 0.1) is 10.1 Å². The summed E-state index contributed by atoms with van der Waals surface area (Å²) in [5.74, 6) is -2.13. The molecule has 108 valence electrons. The lowest BCUT2D eigenvalue weighted by molar-refractivity contribution is -0.384. The summed E-state index contributed by atoms with van der Waals surface area (Å²) in [6.07, 6.45) is 2.89. The van der Waals surface area contributed by atoms with Crippen LogP contribution in [-0.4, -0.2) is 44.2 Å². The number of rotatable bonds is 6. The predicted octanol–water partition coefficient (Wildman–Crippen LogP) is -0.0935. The number of carbonyl (C=O) groups excluding carboxylic acids is 1. The molecular weight excluding hydrogens is 270 g/mol. The number of hydrogen-bond donors (Lipinski definition) is 3. The first-order chi connectivity index (χ1) is 9.43. The van der Waals surface area contributed by atoms with Crippen molar-refractivity contribution in [3.8, 4) is 0 Å². The fourth-order valence-corrected chi connectivity index (χ4v) is 1.82. The van der Waals surface area contributed by atoms with Crippen molar-refractivity contribution in [1.82, 2.24) is 9.88 Å². The maximum Gasteiger partial charge on any atom is 0.328 e. The van der Waals surface area contributed by atoms with E-state index in [1.54, 1.807) is 0 Å². The van der Waals surface area contributed by atoms with Gasteiger partial charge < -0.3 is 20.1 Å². The first-order valence-corrected chi connectivity index (χ1v) is 5.94. The summed E-state index contributed by atoms with van der Waals surface area (Å²) in [5, 5.41) is 30.5. The predicted molar refractivity (Wildman–Crippen MR) is 65.3 cm³/mol. The molecule has 0 radical (unpaired) electrons. The monoisotopic (exact) mass is 283 g/mol. The number of carbonyl (C=O) groups is 2. The number of nitro groups is 1. The molecule has 9 heteroatoms. The van der Waals surface area contributed by atoms with Crippen LogP contribution in [0.5, 0.6) is 0 Å². The Morgan fingerprint density at radius 3 is 2.65 bits per heavy atom. The van der Waals surface area contributed by atoms with E-state index in [0.717, 1.165) is 18.9 Å². The molecule has 20 heavy (non-hydrogen) atoms. The molecule has 1 aliphatic rings. The van der Waals surface area contributed by atoms with Crippen LogP contribution in [0.1, 0.15) is 29.4 Å². The SMILES string of the molecule is O=C(N[C@H](CO)C(=O)O)c1cc([N+](=O)[O-])cn1C1CC1. The number of hydrogen-bond acceptors (Lipinski definition) is 5. The van der Waals surface area contributed by atoms with E-state index in [1.807, 2.05) is 0 Å². The van der Waals surface area contributed by atoms with E-state index >= 15 is 0 Å². The summed E-state index contributed by atoms with van der Waals surface area (Å²) in [5.41, 5.74) is -0.197. The molecule has 1 aromatic rings. The molecule has 1 aliphatic carbocycles. The van der Waals surface area contributed by atoms with Gasteiger partial charge in [-0.15, -0.1) is 0 Å². The molecule has 1 heterocycles. The highest BCUT2D eigenvalue weighted by atomic mass is 16.6. The molecule has 1 amide bonds.